The molecule has 1 aromatic carbocycles. The van der Waals surface area contributed by atoms with Gasteiger partial charge in [0.1, 0.15) is 11.4 Å². The van der Waals surface area contributed by atoms with Crippen LogP contribution in [0.3, 0.4) is 0 Å². The lowest BCUT2D eigenvalue weighted by molar-refractivity contribution is -0.137. The lowest BCUT2D eigenvalue weighted by Crippen LogP contribution is -2.56. The first-order valence-corrected chi connectivity index (χ1v) is 7.89. The number of pyridine rings is 1. The second-order valence-electron chi connectivity index (χ2n) is 6.04. The van der Waals surface area contributed by atoms with E-state index in [0.29, 0.717) is 13.1 Å². The van der Waals surface area contributed by atoms with Crippen molar-refractivity contribution in [2.75, 3.05) is 31.1 Å². The number of nitrogens with two attached hydrogens (primary N) is 1. The van der Waals surface area contributed by atoms with Gasteiger partial charge in [0.05, 0.1) is 0 Å². The van der Waals surface area contributed by atoms with E-state index in [1.165, 1.54) is 0 Å². The van der Waals surface area contributed by atoms with Crippen molar-refractivity contribution in [2.24, 2.45) is 5.73 Å². The molecule has 0 bridgehead atoms. The number of carbonyl (C=O) groups excluding carboxylic acids is 1. The highest BCUT2D eigenvalue weighted by atomic mass is 16.2. The predicted octanol–water partition coefficient (Wildman–Crippen LogP) is 1.60. The van der Waals surface area contributed by atoms with Crippen molar-refractivity contribution in [2.45, 2.75) is 12.5 Å². The van der Waals surface area contributed by atoms with Crippen LogP contribution in [0.4, 0.5) is 5.82 Å². The van der Waals surface area contributed by atoms with Gasteiger partial charge in [-0.3, -0.25) is 4.79 Å². The SMILES string of the molecule is CC(N)(C(=O)N1CCN(c2ccccn2)CC1)c1ccccc1. The number of carbonyl (C=O) groups is 1. The summed E-state index contributed by atoms with van der Waals surface area (Å²) in [6.07, 6.45) is 1.79. The van der Waals surface area contributed by atoms with Gasteiger partial charge in [0, 0.05) is 32.4 Å². The maximum Gasteiger partial charge on any atom is 0.247 e. The number of hydrogen-bond acceptors (Lipinski definition) is 4. The molecule has 1 aliphatic heterocycles. The molecule has 0 radical (unpaired) electrons. The van der Waals surface area contributed by atoms with Crippen LogP contribution in [0.25, 0.3) is 0 Å². The van der Waals surface area contributed by atoms with E-state index in [1.807, 2.05) is 53.4 Å². The summed E-state index contributed by atoms with van der Waals surface area (Å²) in [5, 5.41) is 0. The topological polar surface area (TPSA) is 62.5 Å². The molecule has 1 aliphatic rings. The third kappa shape index (κ3) is 3.19. The Labute approximate surface area is 136 Å². The number of aromatic nitrogens is 1. The molecular weight excluding hydrogens is 288 g/mol. The minimum atomic E-state index is -0.992. The summed E-state index contributed by atoms with van der Waals surface area (Å²) in [5.41, 5.74) is 6.19. The first-order valence-electron chi connectivity index (χ1n) is 7.89. The lowest BCUT2D eigenvalue weighted by atomic mass is 9.91. The highest BCUT2D eigenvalue weighted by molar-refractivity contribution is 5.87. The van der Waals surface area contributed by atoms with Gasteiger partial charge in [0.2, 0.25) is 5.91 Å². The number of hydrogen-bond donors (Lipinski definition) is 1. The normalized spacial score (nSPS) is 17.7. The summed E-state index contributed by atoms with van der Waals surface area (Å²) < 4.78 is 0. The molecule has 3 rings (SSSR count). The fraction of sp³-hybridized carbons (Fsp3) is 0.333. The largest absolute Gasteiger partial charge is 0.353 e. The Balaban J connectivity index is 1.67. The smallest absolute Gasteiger partial charge is 0.247 e. The molecule has 23 heavy (non-hydrogen) atoms. The summed E-state index contributed by atoms with van der Waals surface area (Å²) in [4.78, 5) is 21.2. The average molecular weight is 310 g/mol. The maximum atomic E-state index is 12.8. The van der Waals surface area contributed by atoms with Crippen LogP contribution in [-0.2, 0) is 10.3 Å². The van der Waals surface area contributed by atoms with E-state index in [4.69, 9.17) is 5.73 Å². The van der Waals surface area contributed by atoms with Crippen molar-refractivity contribution in [1.29, 1.82) is 0 Å². The quantitative estimate of drug-likeness (QED) is 0.935. The van der Waals surface area contributed by atoms with Gasteiger partial charge >= 0.3 is 0 Å². The van der Waals surface area contributed by atoms with Crippen molar-refractivity contribution < 1.29 is 4.79 Å². The molecular formula is C18H22N4O. The number of piperazine rings is 1. The summed E-state index contributed by atoms with van der Waals surface area (Å²) in [5.74, 6) is 0.933. The molecule has 2 aromatic rings. The highest BCUT2D eigenvalue weighted by Gasteiger charge is 2.35. The minimum absolute atomic E-state index is 0.0237. The van der Waals surface area contributed by atoms with Crippen LogP contribution in [0, 0.1) is 0 Å². The van der Waals surface area contributed by atoms with Gasteiger partial charge in [-0.25, -0.2) is 4.98 Å². The van der Waals surface area contributed by atoms with Crippen LogP contribution in [-0.4, -0.2) is 42.0 Å². The Morgan fingerprint density at radius 2 is 1.70 bits per heavy atom. The van der Waals surface area contributed by atoms with E-state index in [9.17, 15) is 4.79 Å². The van der Waals surface area contributed by atoms with E-state index in [0.717, 1.165) is 24.5 Å². The Morgan fingerprint density at radius 1 is 1.04 bits per heavy atom. The van der Waals surface area contributed by atoms with Gasteiger partial charge in [0.15, 0.2) is 0 Å². The van der Waals surface area contributed by atoms with E-state index in [-0.39, 0.29) is 5.91 Å². The zero-order valence-corrected chi connectivity index (χ0v) is 13.4. The van der Waals surface area contributed by atoms with Crippen molar-refractivity contribution in [3.63, 3.8) is 0 Å². The molecule has 0 aliphatic carbocycles. The van der Waals surface area contributed by atoms with Crippen LogP contribution < -0.4 is 10.6 Å². The molecule has 120 valence electrons. The van der Waals surface area contributed by atoms with E-state index in [1.54, 1.807) is 13.1 Å². The maximum absolute atomic E-state index is 12.8. The molecule has 5 heteroatoms. The molecule has 5 nitrogen and oxygen atoms in total. The minimum Gasteiger partial charge on any atom is -0.353 e. The Morgan fingerprint density at radius 3 is 2.30 bits per heavy atom. The molecule has 1 aromatic heterocycles. The van der Waals surface area contributed by atoms with Crippen LogP contribution in [0.5, 0.6) is 0 Å². The molecule has 1 unspecified atom stereocenters. The Bertz CT molecular complexity index is 649. The number of amides is 1. The van der Waals surface area contributed by atoms with Crippen molar-refractivity contribution in [3.8, 4) is 0 Å². The summed E-state index contributed by atoms with van der Waals surface area (Å²) >= 11 is 0. The molecule has 2 N–H and O–H groups in total. The molecule has 0 saturated carbocycles. The van der Waals surface area contributed by atoms with Crippen LogP contribution in [0.2, 0.25) is 0 Å². The molecule has 1 amide bonds. The van der Waals surface area contributed by atoms with Gasteiger partial charge in [-0.1, -0.05) is 36.4 Å². The van der Waals surface area contributed by atoms with E-state index < -0.39 is 5.54 Å². The highest BCUT2D eigenvalue weighted by Crippen LogP contribution is 2.22. The van der Waals surface area contributed by atoms with Crippen LogP contribution in [0.15, 0.2) is 54.7 Å². The van der Waals surface area contributed by atoms with E-state index >= 15 is 0 Å². The second-order valence-corrected chi connectivity index (χ2v) is 6.04. The van der Waals surface area contributed by atoms with Gasteiger partial charge in [0.25, 0.3) is 0 Å². The molecule has 1 atom stereocenters. The van der Waals surface area contributed by atoms with Crippen molar-refractivity contribution >= 4 is 11.7 Å². The average Bonchev–Trinajstić information content (AvgIpc) is 2.63. The Hall–Kier alpha value is -2.40. The predicted molar refractivity (Wildman–Crippen MR) is 91.0 cm³/mol. The number of anilines is 1. The zero-order chi connectivity index (χ0) is 16.3. The number of nitrogens with zero attached hydrogens (tertiary/aromatic N) is 3. The van der Waals surface area contributed by atoms with Crippen LogP contribution in [0.1, 0.15) is 12.5 Å². The molecule has 1 saturated heterocycles. The first-order chi connectivity index (χ1) is 11.1. The fourth-order valence-electron chi connectivity index (χ4n) is 2.92. The molecule has 1 fully saturated rings. The van der Waals surface area contributed by atoms with Gasteiger partial charge in [-0.05, 0) is 24.6 Å². The Kier molecular flexibility index (Phi) is 4.30. The third-order valence-corrected chi connectivity index (χ3v) is 4.36. The molecule has 0 spiro atoms. The summed E-state index contributed by atoms with van der Waals surface area (Å²) in [7, 11) is 0. The fourth-order valence-corrected chi connectivity index (χ4v) is 2.92. The van der Waals surface area contributed by atoms with Crippen molar-refractivity contribution in [3.05, 3.63) is 60.3 Å². The molecule has 2 heterocycles. The standard InChI is InChI=1S/C18H22N4O/c1-18(19,15-7-3-2-4-8-15)17(23)22-13-11-21(12-14-22)16-9-5-6-10-20-16/h2-10H,11-14,19H2,1H3. The third-order valence-electron chi connectivity index (χ3n) is 4.36. The van der Waals surface area contributed by atoms with E-state index in [2.05, 4.69) is 9.88 Å². The van der Waals surface area contributed by atoms with Gasteiger partial charge in [-0.15, -0.1) is 0 Å². The zero-order valence-electron chi connectivity index (χ0n) is 13.4. The van der Waals surface area contributed by atoms with Gasteiger partial charge in [-0.2, -0.15) is 0 Å². The summed E-state index contributed by atoms with van der Waals surface area (Å²) in [6.45, 7) is 4.65. The van der Waals surface area contributed by atoms with Crippen LogP contribution >= 0.6 is 0 Å². The lowest BCUT2D eigenvalue weighted by Gasteiger charge is -2.39. The number of rotatable bonds is 3. The second kappa shape index (κ2) is 6.38. The monoisotopic (exact) mass is 310 g/mol. The number of benzene rings is 1. The van der Waals surface area contributed by atoms with Gasteiger partial charge < -0.3 is 15.5 Å². The first kappa shape index (κ1) is 15.5. The summed E-state index contributed by atoms with van der Waals surface area (Å²) in [6, 6.07) is 15.4. The van der Waals surface area contributed by atoms with Crippen molar-refractivity contribution in [1.82, 2.24) is 9.88 Å².